The number of likely N-dealkylation sites (tertiary alicyclic amines) is 1. The van der Waals surface area contributed by atoms with E-state index in [-0.39, 0.29) is 5.54 Å². The number of hydrogen-bond donors (Lipinski definition) is 2. The smallest absolute Gasteiger partial charge is 0.124 e. The second kappa shape index (κ2) is 4.62. The van der Waals surface area contributed by atoms with Crippen molar-refractivity contribution >= 4 is 11.9 Å². The fourth-order valence-electron chi connectivity index (χ4n) is 3.40. The van der Waals surface area contributed by atoms with Crippen LogP contribution in [0.4, 0.5) is 5.82 Å². The highest BCUT2D eigenvalue weighted by Crippen LogP contribution is 2.41. The van der Waals surface area contributed by atoms with Gasteiger partial charge >= 0.3 is 0 Å². The zero-order chi connectivity index (χ0) is 13.5. The number of fused-ring (bicyclic) bond motifs is 1. The van der Waals surface area contributed by atoms with Crippen LogP contribution in [0.5, 0.6) is 0 Å². The molecule has 0 aromatic carbocycles. The molecule has 0 bridgehead atoms. The Morgan fingerprint density at radius 3 is 2.79 bits per heavy atom. The lowest BCUT2D eigenvalue weighted by Gasteiger charge is -2.43. The zero-order valence-corrected chi connectivity index (χ0v) is 11.5. The second-order valence-corrected chi connectivity index (χ2v) is 5.89. The van der Waals surface area contributed by atoms with Gasteiger partial charge in [-0.15, -0.1) is 0 Å². The Morgan fingerprint density at radius 1 is 1.32 bits per heavy atom. The molecule has 1 aliphatic carbocycles. The van der Waals surface area contributed by atoms with Crippen LogP contribution < -0.4 is 11.5 Å². The van der Waals surface area contributed by atoms with E-state index in [9.17, 15) is 0 Å². The molecule has 0 radical (unpaired) electrons. The van der Waals surface area contributed by atoms with Crippen molar-refractivity contribution in [1.82, 2.24) is 9.88 Å². The van der Waals surface area contributed by atoms with Crippen molar-refractivity contribution in [3.63, 3.8) is 0 Å². The summed E-state index contributed by atoms with van der Waals surface area (Å²) in [7, 11) is 2.18. The van der Waals surface area contributed by atoms with E-state index in [2.05, 4.69) is 29.1 Å². The Balaban J connectivity index is 1.95. The summed E-state index contributed by atoms with van der Waals surface area (Å²) >= 11 is 0. The van der Waals surface area contributed by atoms with E-state index >= 15 is 0 Å². The number of piperidine rings is 1. The third kappa shape index (κ3) is 2.15. The number of anilines is 1. The Labute approximate surface area is 114 Å². The molecule has 1 aromatic rings. The molecule has 1 aromatic heterocycles. The molecule has 2 aliphatic rings. The number of aromatic nitrogens is 1. The minimum absolute atomic E-state index is 0.272. The average Bonchev–Trinajstić information content (AvgIpc) is 2.39. The van der Waals surface area contributed by atoms with Crippen molar-refractivity contribution in [1.29, 1.82) is 0 Å². The van der Waals surface area contributed by atoms with Crippen LogP contribution in [0.3, 0.4) is 0 Å². The number of nitrogens with zero attached hydrogens (tertiary/aromatic N) is 2. The summed E-state index contributed by atoms with van der Waals surface area (Å²) in [5.41, 5.74) is 14.4. The summed E-state index contributed by atoms with van der Waals surface area (Å²) in [4.78, 5) is 6.80. The van der Waals surface area contributed by atoms with Gasteiger partial charge in [0.15, 0.2) is 0 Å². The third-order valence-corrected chi connectivity index (χ3v) is 4.63. The largest absolute Gasteiger partial charge is 0.384 e. The molecule has 4 nitrogen and oxygen atoms in total. The quantitative estimate of drug-likeness (QED) is 0.802. The molecule has 1 fully saturated rings. The molecule has 19 heavy (non-hydrogen) atoms. The molecule has 0 saturated carbocycles. The normalized spacial score (nSPS) is 28.3. The Morgan fingerprint density at radius 2 is 2.05 bits per heavy atom. The van der Waals surface area contributed by atoms with Crippen LogP contribution in [-0.2, 0) is 5.54 Å². The van der Waals surface area contributed by atoms with Crippen molar-refractivity contribution in [2.75, 3.05) is 25.9 Å². The molecule has 2 heterocycles. The summed E-state index contributed by atoms with van der Waals surface area (Å²) in [5, 5.41) is 0. The van der Waals surface area contributed by atoms with Crippen LogP contribution in [0.15, 0.2) is 18.2 Å². The van der Waals surface area contributed by atoms with E-state index in [4.69, 9.17) is 11.5 Å². The van der Waals surface area contributed by atoms with Gasteiger partial charge in [-0.2, -0.15) is 0 Å². The molecule has 102 valence electrons. The first-order chi connectivity index (χ1) is 9.09. The van der Waals surface area contributed by atoms with Crippen LogP contribution >= 0.6 is 0 Å². The highest BCUT2D eigenvalue weighted by molar-refractivity contribution is 5.58. The predicted molar refractivity (Wildman–Crippen MR) is 78.4 cm³/mol. The Bertz CT molecular complexity index is 503. The topological polar surface area (TPSA) is 68.2 Å². The fourth-order valence-corrected chi connectivity index (χ4v) is 3.40. The average molecular weight is 258 g/mol. The monoisotopic (exact) mass is 258 g/mol. The third-order valence-electron chi connectivity index (χ3n) is 4.63. The summed E-state index contributed by atoms with van der Waals surface area (Å²) in [6.07, 6.45) is 7.41. The van der Waals surface area contributed by atoms with Gasteiger partial charge in [-0.3, -0.25) is 0 Å². The summed E-state index contributed by atoms with van der Waals surface area (Å²) < 4.78 is 0. The molecule has 1 saturated heterocycles. The maximum atomic E-state index is 6.79. The number of nitrogens with two attached hydrogens (primary N) is 2. The molecule has 1 aliphatic heterocycles. The summed E-state index contributed by atoms with van der Waals surface area (Å²) in [6, 6.07) is 3.94. The van der Waals surface area contributed by atoms with E-state index in [1.54, 1.807) is 0 Å². The number of nitrogen functional groups attached to an aromatic ring is 1. The van der Waals surface area contributed by atoms with Gasteiger partial charge in [0.1, 0.15) is 5.82 Å². The Kier molecular flexibility index (Phi) is 3.07. The SMILES string of the molecule is CN1CCC(C2(N)CC=Cc3nc(N)ccc32)CC1. The van der Waals surface area contributed by atoms with Gasteiger partial charge in [0.25, 0.3) is 0 Å². The maximum absolute atomic E-state index is 6.79. The molecule has 0 amide bonds. The van der Waals surface area contributed by atoms with Crippen molar-refractivity contribution in [2.24, 2.45) is 11.7 Å². The van der Waals surface area contributed by atoms with Crippen molar-refractivity contribution in [2.45, 2.75) is 24.8 Å². The maximum Gasteiger partial charge on any atom is 0.124 e. The summed E-state index contributed by atoms with van der Waals surface area (Å²) in [6.45, 7) is 2.26. The molecule has 0 spiro atoms. The van der Waals surface area contributed by atoms with Gasteiger partial charge in [-0.1, -0.05) is 12.1 Å². The van der Waals surface area contributed by atoms with E-state index in [1.807, 2.05) is 12.1 Å². The van der Waals surface area contributed by atoms with Gasteiger partial charge in [-0.05, 0) is 63.0 Å². The van der Waals surface area contributed by atoms with Crippen molar-refractivity contribution < 1.29 is 0 Å². The predicted octanol–water partition coefficient (Wildman–Crippen LogP) is 1.58. The van der Waals surface area contributed by atoms with Crippen molar-refractivity contribution in [3.8, 4) is 0 Å². The number of hydrogen-bond acceptors (Lipinski definition) is 4. The standard InChI is InChI=1S/C15H22N4/c1-19-9-6-11(7-10-19)15(17)8-2-3-13-12(15)4-5-14(16)18-13/h2-5,11H,6-10,17H2,1H3,(H2,16,18). The molecular formula is C15H22N4. The first kappa shape index (κ1) is 12.6. The fraction of sp³-hybridized carbons (Fsp3) is 0.533. The van der Waals surface area contributed by atoms with Gasteiger partial charge in [0.2, 0.25) is 0 Å². The minimum Gasteiger partial charge on any atom is -0.384 e. The lowest BCUT2D eigenvalue weighted by atomic mass is 9.70. The van der Waals surface area contributed by atoms with Crippen LogP contribution in [0, 0.1) is 5.92 Å². The van der Waals surface area contributed by atoms with Crippen LogP contribution in [-0.4, -0.2) is 30.0 Å². The first-order valence-corrected chi connectivity index (χ1v) is 7.00. The number of pyridine rings is 1. The molecule has 3 rings (SSSR count). The first-order valence-electron chi connectivity index (χ1n) is 7.00. The molecular weight excluding hydrogens is 236 g/mol. The molecule has 1 unspecified atom stereocenters. The zero-order valence-electron chi connectivity index (χ0n) is 11.5. The van der Waals surface area contributed by atoms with Crippen LogP contribution in [0.2, 0.25) is 0 Å². The lowest BCUT2D eigenvalue weighted by molar-refractivity contribution is 0.146. The van der Waals surface area contributed by atoms with Crippen molar-refractivity contribution in [3.05, 3.63) is 29.5 Å². The highest BCUT2D eigenvalue weighted by atomic mass is 15.1. The second-order valence-electron chi connectivity index (χ2n) is 5.89. The number of rotatable bonds is 1. The van der Waals surface area contributed by atoms with Gasteiger partial charge in [-0.25, -0.2) is 4.98 Å². The Hall–Kier alpha value is -1.39. The summed E-state index contributed by atoms with van der Waals surface area (Å²) in [5.74, 6) is 1.09. The van der Waals surface area contributed by atoms with Gasteiger partial charge in [0.05, 0.1) is 5.69 Å². The highest BCUT2D eigenvalue weighted by Gasteiger charge is 2.40. The molecule has 4 heteroatoms. The minimum atomic E-state index is -0.272. The van der Waals surface area contributed by atoms with Gasteiger partial charge in [0, 0.05) is 5.54 Å². The van der Waals surface area contributed by atoms with E-state index in [0.717, 1.165) is 38.0 Å². The van der Waals surface area contributed by atoms with Gasteiger partial charge < -0.3 is 16.4 Å². The van der Waals surface area contributed by atoms with E-state index in [1.165, 1.54) is 5.56 Å². The van der Waals surface area contributed by atoms with E-state index < -0.39 is 0 Å². The van der Waals surface area contributed by atoms with E-state index in [0.29, 0.717) is 11.7 Å². The lowest BCUT2D eigenvalue weighted by Crippen LogP contribution is -2.49. The van der Waals surface area contributed by atoms with Crippen LogP contribution in [0.25, 0.3) is 6.08 Å². The molecule has 1 atom stereocenters. The van der Waals surface area contributed by atoms with Crippen LogP contribution in [0.1, 0.15) is 30.5 Å². The molecule has 4 N–H and O–H groups in total.